The highest BCUT2D eigenvalue weighted by Crippen LogP contribution is 2.47. The largest absolute Gasteiger partial charge is 0.444 e. The molecule has 572 valence electrons. The molecule has 6 amide bonds. The van der Waals surface area contributed by atoms with Crippen LogP contribution in [-0.4, -0.2) is 169 Å². The van der Waals surface area contributed by atoms with E-state index in [1.54, 1.807) is 33.3 Å². The van der Waals surface area contributed by atoms with Gasteiger partial charge in [0.1, 0.15) is 16.8 Å². The Balaban J connectivity index is 0.000000156. The molecule has 14 rings (SSSR count). The van der Waals surface area contributed by atoms with Crippen molar-refractivity contribution in [3.05, 3.63) is 191 Å². The standard InChI is InChI=1S/C24H32N4O3.C23H29BrN4O3.C22H27BrN4O3.C10H12BrN.CO2/c1-17-6-8-18(9-7-17)14-24(10-11-24)26(5)21(29)19-15-25-28-13-12-27(16-20(19)28)22(30)31-23(2,3)4;1-22(2,3)31-21(30)27-11-12-28-19(15-27)18(14-25-28)20(29)26(4)23(9-10-23)13-16-5-7-17(24)8-6-16;1-21(2,3)30-20(29)26-10-11-27-18(14-26)17(13-24-27)19(28)25-22(8-9-22)12-15-4-6-16(23)7-5-15;11-9-3-1-8(2-4-9)7-10(12)5-6-10;2-1-3/h6-9,15H,10-14,16H2,1-5H3;5-8,14H,9-13,15H2,1-4H3;4-7,13H,8-12,14H2,1-3H3,(H,25,28);1-4H,5-7,12H2;. The average molecular weight is 1660 g/mol. The molecule has 27 heteroatoms. The third kappa shape index (κ3) is 21.9. The van der Waals surface area contributed by atoms with Crippen molar-refractivity contribution in [3.63, 3.8) is 0 Å². The van der Waals surface area contributed by atoms with E-state index in [0.717, 1.165) is 94.7 Å². The summed E-state index contributed by atoms with van der Waals surface area (Å²) in [7, 11) is 3.77. The molecule has 4 aromatic carbocycles. The van der Waals surface area contributed by atoms with Gasteiger partial charge in [0.25, 0.3) is 17.7 Å². The summed E-state index contributed by atoms with van der Waals surface area (Å²) in [5.74, 6) is -0.198. The first kappa shape index (κ1) is 81.0. The smallest absolute Gasteiger partial charge is 0.410 e. The van der Waals surface area contributed by atoms with Gasteiger partial charge in [-0.2, -0.15) is 24.9 Å². The Labute approximate surface area is 652 Å². The minimum atomic E-state index is -0.557. The van der Waals surface area contributed by atoms with Crippen molar-refractivity contribution in [1.82, 2.24) is 59.2 Å². The van der Waals surface area contributed by atoms with Crippen molar-refractivity contribution in [3.8, 4) is 0 Å². The number of carbonyl (C=O) groups excluding carboxylic acids is 8. The molecule has 4 fully saturated rings. The van der Waals surface area contributed by atoms with Gasteiger partial charge in [-0.3, -0.25) is 28.4 Å². The van der Waals surface area contributed by atoms with Crippen LogP contribution < -0.4 is 11.1 Å². The number of nitrogens with one attached hydrogen (secondary N) is 1. The van der Waals surface area contributed by atoms with Crippen LogP contribution >= 0.6 is 47.8 Å². The van der Waals surface area contributed by atoms with E-state index >= 15 is 0 Å². The second kappa shape index (κ2) is 33.2. The SMILES string of the molecule is CC(C)(C)OC(=O)N1CCn2ncc(C(=O)NC3(Cc4ccc(Br)cc4)CC3)c2C1.CN(C(=O)c1cnn2c1CN(C(=O)OC(C)(C)C)CC2)C1(Cc2ccc(Br)cc2)CC1.Cc1ccc(CC2(N(C)C(=O)c3cnn4c3CN(C(=O)OC(C)(C)C)CC4)CC2)cc1.NC1(Cc2ccc(Br)cc2)CC1.O=C=O. The molecule has 24 nitrogen and oxygen atoms in total. The number of ether oxygens (including phenoxy) is 3. The van der Waals surface area contributed by atoms with Crippen LogP contribution in [-0.2, 0) is 88.8 Å². The molecule has 3 aromatic heterocycles. The molecule has 3 aliphatic heterocycles. The molecular formula is C80H100Br3N13O11. The molecule has 3 N–H and O–H groups in total. The predicted molar refractivity (Wildman–Crippen MR) is 414 cm³/mol. The average Bonchev–Trinajstić information content (AvgIpc) is 1.61. The van der Waals surface area contributed by atoms with Gasteiger partial charge in [0.15, 0.2) is 0 Å². The Bertz CT molecular complexity index is 4200. The molecule has 7 aliphatic rings. The summed E-state index contributed by atoms with van der Waals surface area (Å²) in [6.07, 6.45) is 15.8. The zero-order valence-corrected chi connectivity index (χ0v) is 68.2. The van der Waals surface area contributed by atoms with Crippen LogP contribution in [0.4, 0.5) is 14.4 Å². The second-order valence-corrected chi connectivity index (χ2v) is 35.1. The van der Waals surface area contributed by atoms with Crippen LogP contribution in [0.15, 0.2) is 129 Å². The van der Waals surface area contributed by atoms with Gasteiger partial charge in [0.05, 0.1) is 91.6 Å². The number of halogens is 3. The molecule has 107 heavy (non-hydrogen) atoms. The van der Waals surface area contributed by atoms with E-state index in [9.17, 15) is 28.8 Å². The summed E-state index contributed by atoms with van der Waals surface area (Å²) in [5.41, 5.74) is 14.2. The lowest BCUT2D eigenvalue weighted by Crippen LogP contribution is -2.43. The van der Waals surface area contributed by atoms with E-state index in [2.05, 4.69) is 148 Å². The van der Waals surface area contributed by atoms with Gasteiger partial charge in [0.2, 0.25) is 0 Å². The fourth-order valence-electron chi connectivity index (χ4n) is 13.3. The van der Waals surface area contributed by atoms with E-state index in [0.29, 0.717) is 75.6 Å². The maximum atomic E-state index is 13.5. The molecule has 7 aromatic rings. The number of carbonyl (C=O) groups is 6. The number of hydrogen-bond donors (Lipinski definition) is 2. The van der Waals surface area contributed by atoms with Gasteiger partial charge in [-0.05, 0) is 205 Å². The predicted octanol–water partition coefficient (Wildman–Crippen LogP) is 13.8. The first-order valence-electron chi connectivity index (χ1n) is 36.4. The summed E-state index contributed by atoms with van der Waals surface area (Å²) in [6.45, 7) is 22.9. The van der Waals surface area contributed by atoms with Crippen LogP contribution in [0.5, 0.6) is 0 Å². The Morgan fingerprint density at radius 1 is 0.458 bits per heavy atom. The van der Waals surface area contributed by atoms with Gasteiger partial charge >= 0.3 is 24.4 Å². The number of nitrogens with two attached hydrogens (primary N) is 1. The second-order valence-electron chi connectivity index (χ2n) is 32.3. The molecule has 4 aliphatic carbocycles. The van der Waals surface area contributed by atoms with Gasteiger partial charge in [-0.1, -0.05) is 114 Å². The molecule has 0 saturated heterocycles. The van der Waals surface area contributed by atoms with Crippen molar-refractivity contribution >= 4 is 89.9 Å². The van der Waals surface area contributed by atoms with Gasteiger partial charge < -0.3 is 49.8 Å². The summed E-state index contributed by atoms with van der Waals surface area (Å²) in [6, 6.07) is 33.4. The monoisotopic (exact) mass is 1660 g/mol. The normalized spacial score (nSPS) is 17.0. The Morgan fingerprint density at radius 2 is 0.757 bits per heavy atom. The lowest BCUT2D eigenvalue weighted by atomic mass is 10.0. The number of benzene rings is 4. The van der Waals surface area contributed by atoms with E-state index < -0.39 is 16.8 Å². The summed E-state index contributed by atoms with van der Waals surface area (Å²) < 4.78 is 25.2. The molecule has 0 spiro atoms. The maximum Gasteiger partial charge on any atom is 0.410 e. The highest BCUT2D eigenvalue weighted by molar-refractivity contribution is 9.11. The molecule has 0 unspecified atom stereocenters. The maximum absolute atomic E-state index is 13.5. The number of fused-ring (bicyclic) bond motifs is 3. The van der Waals surface area contributed by atoms with Gasteiger partial charge in [-0.15, -0.1) is 0 Å². The third-order valence-electron chi connectivity index (χ3n) is 20.1. The van der Waals surface area contributed by atoms with Crippen molar-refractivity contribution in [2.45, 2.75) is 225 Å². The Hall–Kier alpha value is -8.49. The molecule has 0 atom stereocenters. The number of hydrogen-bond acceptors (Lipinski definition) is 15. The zero-order chi connectivity index (χ0) is 77.6. The van der Waals surface area contributed by atoms with Crippen molar-refractivity contribution in [2.24, 2.45) is 5.73 Å². The molecule has 0 bridgehead atoms. The number of rotatable bonds is 14. The number of nitrogens with zero attached hydrogens (tertiary/aromatic N) is 11. The highest BCUT2D eigenvalue weighted by Gasteiger charge is 2.51. The van der Waals surface area contributed by atoms with Crippen LogP contribution in [0.25, 0.3) is 0 Å². The first-order valence-corrected chi connectivity index (χ1v) is 38.8. The van der Waals surface area contributed by atoms with Crippen molar-refractivity contribution in [2.75, 3.05) is 33.7 Å². The fourth-order valence-corrected chi connectivity index (χ4v) is 14.1. The Morgan fingerprint density at radius 3 is 1.07 bits per heavy atom. The van der Waals surface area contributed by atoms with Gasteiger partial charge in [0, 0.05) is 69.3 Å². The lowest BCUT2D eigenvalue weighted by Gasteiger charge is -2.32. The van der Waals surface area contributed by atoms with E-state index in [-0.39, 0.29) is 64.3 Å². The summed E-state index contributed by atoms with van der Waals surface area (Å²) in [5, 5.41) is 16.4. The van der Waals surface area contributed by atoms with Crippen molar-refractivity contribution in [1.29, 1.82) is 0 Å². The van der Waals surface area contributed by atoms with E-state index in [1.165, 1.54) is 40.7 Å². The third-order valence-corrected chi connectivity index (χ3v) is 21.7. The van der Waals surface area contributed by atoms with Gasteiger partial charge in [-0.25, -0.2) is 14.4 Å². The number of aromatic nitrogens is 6. The topological polar surface area (TPSA) is 272 Å². The van der Waals surface area contributed by atoms with Crippen LogP contribution in [0.3, 0.4) is 0 Å². The van der Waals surface area contributed by atoms with Crippen LogP contribution in [0, 0.1) is 6.92 Å². The number of likely N-dealkylation sites (N-methyl/N-ethyl adjacent to an activating group) is 2. The minimum absolute atomic E-state index is 0.0306. The quantitative estimate of drug-likeness (QED) is 0.0958. The zero-order valence-electron chi connectivity index (χ0n) is 63.4. The number of aryl methyl sites for hydroxylation is 1. The first-order chi connectivity index (χ1) is 50.4. The van der Waals surface area contributed by atoms with Crippen molar-refractivity contribution < 1.29 is 52.6 Å². The summed E-state index contributed by atoms with van der Waals surface area (Å²) >= 11 is 10.3. The summed E-state index contributed by atoms with van der Waals surface area (Å²) in [4.78, 5) is 102. The van der Waals surface area contributed by atoms with E-state index in [1.807, 2.05) is 125 Å². The lowest BCUT2D eigenvalue weighted by molar-refractivity contribution is -0.191. The van der Waals surface area contributed by atoms with Crippen LogP contribution in [0.2, 0.25) is 0 Å². The Kier molecular flexibility index (Phi) is 25.1. The molecule has 4 saturated carbocycles. The minimum Gasteiger partial charge on any atom is -0.444 e. The fraction of sp³-hybridized carbons (Fsp3) is 0.500. The van der Waals surface area contributed by atoms with Crippen LogP contribution in [0.1, 0.15) is 190 Å². The molecular weight excluding hydrogens is 1560 g/mol. The molecule has 0 radical (unpaired) electrons. The molecule has 6 heterocycles. The highest BCUT2D eigenvalue weighted by atomic mass is 79.9. The van der Waals surface area contributed by atoms with E-state index in [4.69, 9.17) is 29.5 Å². The number of amides is 6.